The maximum atomic E-state index is 4.25. The SMILES string of the molecule is Brc1ccnc(C2CC=NN2)c1. The van der Waals surface area contributed by atoms with Gasteiger partial charge in [-0.25, -0.2) is 0 Å². The number of nitrogens with one attached hydrogen (secondary N) is 1. The van der Waals surface area contributed by atoms with E-state index in [9.17, 15) is 0 Å². The van der Waals surface area contributed by atoms with Crippen molar-refractivity contribution in [1.82, 2.24) is 10.4 Å². The molecule has 1 unspecified atom stereocenters. The Kier molecular flexibility index (Phi) is 2.08. The highest BCUT2D eigenvalue weighted by Crippen LogP contribution is 2.19. The first-order valence-corrected chi connectivity index (χ1v) is 4.54. The van der Waals surface area contributed by atoms with Crippen LogP contribution in [0.25, 0.3) is 0 Å². The van der Waals surface area contributed by atoms with Crippen LogP contribution in [0.3, 0.4) is 0 Å². The molecule has 1 atom stereocenters. The Morgan fingerprint density at radius 2 is 2.50 bits per heavy atom. The zero-order valence-corrected chi connectivity index (χ0v) is 7.95. The summed E-state index contributed by atoms with van der Waals surface area (Å²) in [7, 11) is 0. The molecule has 62 valence electrons. The van der Waals surface area contributed by atoms with Gasteiger partial charge in [0.1, 0.15) is 0 Å². The minimum absolute atomic E-state index is 0.252. The minimum Gasteiger partial charge on any atom is -0.301 e. The van der Waals surface area contributed by atoms with Gasteiger partial charge in [-0.05, 0) is 12.1 Å². The van der Waals surface area contributed by atoms with Crippen LogP contribution in [0.15, 0.2) is 27.9 Å². The van der Waals surface area contributed by atoms with Crippen molar-refractivity contribution >= 4 is 22.1 Å². The normalized spacial score (nSPS) is 20.9. The van der Waals surface area contributed by atoms with E-state index in [0.717, 1.165) is 16.6 Å². The number of rotatable bonds is 1. The number of halogens is 1. The molecular formula is C8H8BrN3. The lowest BCUT2D eigenvalue weighted by atomic mass is 10.1. The first-order valence-electron chi connectivity index (χ1n) is 3.75. The number of aromatic nitrogens is 1. The van der Waals surface area contributed by atoms with Gasteiger partial charge < -0.3 is 5.43 Å². The third kappa shape index (κ3) is 1.48. The maximum absolute atomic E-state index is 4.25. The molecule has 0 bridgehead atoms. The van der Waals surface area contributed by atoms with Crippen LogP contribution in [-0.2, 0) is 0 Å². The van der Waals surface area contributed by atoms with Crippen molar-refractivity contribution in [2.75, 3.05) is 0 Å². The van der Waals surface area contributed by atoms with Crippen LogP contribution in [-0.4, -0.2) is 11.2 Å². The van der Waals surface area contributed by atoms with Gasteiger partial charge in [-0.2, -0.15) is 5.10 Å². The second-order valence-electron chi connectivity index (χ2n) is 2.63. The van der Waals surface area contributed by atoms with Crippen molar-refractivity contribution in [3.05, 3.63) is 28.5 Å². The van der Waals surface area contributed by atoms with E-state index in [0.29, 0.717) is 0 Å². The fourth-order valence-corrected chi connectivity index (χ4v) is 1.50. The molecule has 0 aliphatic carbocycles. The van der Waals surface area contributed by atoms with E-state index in [1.165, 1.54) is 0 Å². The van der Waals surface area contributed by atoms with Crippen molar-refractivity contribution in [1.29, 1.82) is 0 Å². The zero-order valence-electron chi connectivity index (χ0n) is 6.37. The highest BCUT2D eigenvalue weighted by Gasteiger charge is 2.13. The van der Waals surface area contributed by atoms with Crippen LogP contribution >= 0.6 is 15.9 Å². The molecule has 0 saturated heterocycles. The van der Waals surface area contributed by atoms with Crippen LogP contribution in [0.4, 0.5) is 0 Å². The lowest BCUT2D eigenvalue weighted by Gasteiger charge is -2.07. The van der Waals surface area contributed by atoms with Gasteiger partial charge in [-0.15, -0.1) is 0 Å². The van der Waals surface area contributed by atoms with Crippen LogP contribution < -0.4 is 5.43 Å². The highest BCUT2D eigenvalue weighted by molar-refractivity contribution is 9.10. The summed E-state index contributed by atoms with van der Waals surface area (Å²) in [5.74, 6) is 0. The Bertz CT molecular complexity index is 303. The van der Waals surface area contributed by atoms with E-state index < -0.39 is 0 Å². The summed E-state index contributed by atoms with van der Waals surface area (Å²) in [5.41, 5.74) is 4.02. The second kappa shape index (κ2) is 3.23. The third-order valence-electron chi connectivity index (χ3n) is 1.76. The van der Waals surface area contributed by atoms with Crippen LogP contribution in [0, 0.1) is 0 Å². The molecule has 0 radical (unpaired) electrons. The largest absolute Gasteiger partial charge is 0.301 e. The molecule has 2 heterocycles. The first kappa shape index (κ1) is 7.73. The molecule has 1 aromatic rings. The summed E-state index contributed by atoms with van der Waals surface area (Å²) in [6.07, 6.45) is 4.58. The van der Waals surface area contributed by atoms with Crippen LogP contribution in [0.5, 0.6) is 0 Å². The highest BCUT2D eigenvalue weighted by atomic mass is 79.9. The first-order chi connectivity index (χ1) is 5.86. The molecule has 1 N–H and O–H groups in total. The smallest absolute Gasteiger partial charge is 0.0910 e. The van der Waals surface area contributed by atoms with Crippen molar-refractivity contribution in [3.8, 4) is 0 Å². The summed E-state index contributed by atoms with van der Waals surface area (Å²) in [5, 5.41) is 3.94. The summed E-state index contributed by atoms with van der Waals surface area (Å²) in [6, 6.07) is 4.17. The lowest BCUT2D eigenvalue weighted by Crippen LogP contribution is -2.10. The monoisotopic (exact) mass is 225 g/mol. The van der Waals surface area contributed by atoms with E-state index in [-0.39, 0.29) is 6.04 Å². The van der Waals surface area contributed by atoms with Gasteiger partial charge in [0.05, 0.1) is 11.7 Å². The number of hydrogen-bond donors (Lipinski definition) is 1. The molecule has 0 saturated carbocycles. The fraction of sp³-hybridized carbons (Fsp3) is 0.250. The zero-order chi connectivity index (χ0) is 8.39. The Hall–Kier alpha value is -0.900. The third-order valence-corrected chi connectivity index (χ3v) is 2.26. The van der Waals surface area contributed by atoms with Gasteiger partial charge in [0.25, 0.3) is 0 Å². The van der Waals surface area contributed by atoms with E-state index in [4.69, 9.17) is 0 Å². The number of pyridine rings is 1. The van der Waals surface area contributed by atoms with Gasteiger partial charge in [0, 0.05) is 23.3 Å². The lowest BCUT2D eigenvalue weighted by molar-refractivity contribution is 0.603. The Balaban J connectivity index is 2.22. The predicted octanol–water partition coefficient (Wildman–Crippen LogP) is 1.86. The topological polar surface area (TPSA) is 37.3 Å². The van der Waals surface area contributed by atoms with Crippen LogP contribution in [0.1, 0.15) is 18.2 Å². The second-order valence-corrected chi connectivity index (χ2v) is 3.54. The number of nitrogens with zero attached hydrogens (tertiary/aromatic N) is 2. The molecule has 2 rings (SSSR count). The standard InChI is InChI=1S/C8H8BrN3/c9-6-1-3-10-8(5-6)7-2-4-11-12-7/h1,3-5,7,12H,2H2. The van der Waals surface area contributed by atoms with Gasteiger partial charge in [-0.3, -0.25) is 4.98 Å². The molecular weight excluding hydrogens is 218 g/mol. The van der Waals surface area contributed by atoms with Crippen molar-refractivity contribution in [2.45, 2.75) is 12.5 Å². The van der Waals surface area contributed by atoms with Gasteiger partial charge in [0.15, 0.2) is 0 Å². The minimum atomic E-state index is 0.252. The molecule has 3 nitrogen and oxygen atoms in total. The fourth-order valence-electron chi connectivity index (χ4n) is 1.15. The van der Waals surface area contributed by atoms with E-state index in [2.05, 4.69) is 31.4 Å². The van der Waals surface area contributed by atoms with E-state index >= 15 is 0 Å². The van der Waals surface area contributed by atoms with Crippen molar-refractivity contribution in [3.63, 3.8) is 0 Å². The number of hydrogen-bond acceptors (Lipinski definition) is 3. The summed E-state index contributed by atoms with van der Waals surface area (Å²) < 4.78 is 1.06. The molecule has 1 aromatic heterocycles. The summed E-state index contributed by atoms with van der Waals surface area (Å²) >= 11 is 3.40. The number of hydrazone groups is 1. The van der Waals surface area contributed by atoms with E-state index in [1.807, 2.05) is 18.3 Å². The quantitative estimate of drug-likeness (QED) is 0.793. The van der Waals surface area contributed by atoms with Gasteiger partial charge in [0.2, 0.25) is 0 Å². The molecule has 1 aliphatic rings. The average molecular weight is 226 g/mol. The Morgan fingerprint density at radius 3 is 3.17 bits per heavy atom. The molecule has 4 heteroatoms. The molecule has 12 heavy (non-hydrogen) atoms. The van der Waals surface area contributed by atoms with Gasteiger partial charge in [-0.1, -0.05) is 15.9 Å². The van der Waals surface area contributed by atoms with Crippen LogP contribution in [0.2, 0.25) is 0 Å². The molecule has 0 spiro atoms. The average Bonchev–Trinajstić information content (AvgIpc) is 2.56. The molecule has 0 amide bonds. The van der Waals surface area contributed by atoms with Gasteiger partial charge >= 0.3 is 0 Å². The maximum Gasteiger partial charge on any atom is 0.0910 e. The Morgan fingerprint density at radius 1 is 1.58 bits per heavy atom. The molecule has 1 aliphatic heterocycles. The van der Waals surface area contributed by atoms with E-state index in [1.54, 1.807) is 6.20 Å². The Labute approximate surface area is 79.0 Å². The predicted molar refractivity (Wildman–Crippen MR) is 50.9 cm³/mol. The van der Waals surface area contributed by atoms with Crippen molar-refractivity contribution < 1.29 is 0 Å². The molecule has 0 fully saturated rings. The summed E-state index contributed by atoms with van der Waals surface area (Å²) in [4.78, 5) is 4.25. The molecule has 0 aromatic carbocycles. The van der Waals surface area contributed by atoms with Crippen molar-refractivity contribution in [2.24, 2.45) is 5.10 Å². The summed E-state index contributed by atoms with van der Waals surface area (Å²) in [6.45, 7) is 0.